The summed E-state index contributed by atoms with van der Waals surface area (Å²) in [6.45, 7) is 35.8. The SMILES string of the molecule is COC1C(c2ccccc2)C2CC(C)C([Si](C)(C)C3C(C)CC4C(c5cc(C(C)(C)C)cc(C(C)(C)C)c5)CCC(C)C43)C2CC1C(C)(C)C.[CH3-].[CH3-].[Cl][Zr+2][Cl]. The molecule has 0 heterocycles. The van der Waals surface area contributed by atoms with Gasteiger partial charge in [0.1, 0.15) is 0 Å². The molecule has 5 heteroatoms. The fourth-order valence-corrected chi connectivity index (χ4v) is 20.4. The van der Waals surface area contributed by atoms with Crippen molar-refractivity contribution < 1.29 is 25.6 Å². The van der Waals surface area contributed by atoms with Crippen molar-refractivity contribution in [3.63, 3.8) is 0 Å². The molecule has 55 heavy (non-hydrogen) atoms. The van der Waals surface area contributed by atoms with E-state index in [2.05, 4.69) is 145 Å². The van der Waals surface area contributed by atoms with Gasteiger partial charge in [0.25, 0.3) is 0 Å². The Hall–Kier alpha value is 0.0800. The van der Waals surface area contributed by atoms with Crippen molar-refractivity contribution in [3.8, 4) is 0 Å². The number of hydrogen-bond donors (Lipinski definition) is 0. The first-order chi connectivity index (χ1) is 24.6. The second-order valence-electron chi connectivity index (χ2n) is 22.3. The number of hydrogen-bond acceptors (Lipinski definition) is 1. The molecule has 0 bridgehead atoms. The van der Waals surface area contributed by atoms with Crippen LogP contribution in [0, 0.1) is 67.6 Å². The quantitative estimate of drug-likeness (QED) is 0.215. The predicted molar refractivity (Wildman–Crippen MR) is 244 cm³/mol. The minimum absolute atomic E-state index is 0. The molecule has 0 aliphatic heterocycles. The molecule has 0 radical (unpaired) electrons. The molecule has 0 saturated heterocycles. The monoisotopic (exact) mass is 886 g/mol. The second kappa shape index (κ2) is 18.8. The Kier molecular flexibility index (Phi) is 16.9. The van der Waals surface area contributed by atoms with Crippen LogP contribution < -0.4 is 0 Å². The summed E-state index contributed by atoms with van der Waals surface area (Å²) < 4.78 is 6.59. The summed E-state index contributed by atoms with van der Waals surface area (Å²) in [5, 5.41) is 0. The summed E-state index contributed by atoms with van der Waals surface area (Å²) >= 11 is -0.826. The average Bonchev–Trinajstić information content (AvgIpc) is 3.60. The van der Waals surface area contributed by atoms with Crippen molar-refractivity contribution in [3.05, 3.63) is 85.6 Å². The molecule has 4 aliphatic rings. The zero-order valence-electron chi connectivity index (χ0n) is 38.3. The second-order valence-corrected chi connectivity index (χ2v) is 31.0. The standard InChI is InChI=1S/C48H76OSi.2CH3.2ClH.Zr/c1-29-21-22-36(33-25-34(46(4,5)6)27-35(26-33)47(7,8)9)37-24-31(3)45(41(29)37)50(14,15)44-30(2)23-38-39(44)28-40(48(10,11)12)43(49-13)42(38)32-19-17-16-18-20-32;;;;;/h16-20,25-27,29-31,36-45H,21-24,28H2,1-15H3;2*1H3;2*1H;/q;2*-1;;;+4/p-2. The first kappa shape index (κ1) is 49.4. The average molecular weight is 889 g/mol. The summed E-state index contributed by atoms with van der Waals surface area (Å²) in [5.74, 6) is 7.48. The molecule has 0 amide bonds. The molecule has 0 N–H and O–H groups in total. The maximum atomic E-state index is 6.59. The van der Waals surface area contributed by atoms with Gasteiger partial charge >= 0.3 is 37.9 Å². The van der Waals surface area contributed by atoms with Gasteiger partial charge < -0.3 is 19.6 Å². The van der Waals surface area contributed by atoms with E-state index in [-0.39, 0.29) is 31.1 Å². The van der Waals surface area contributed by atoms with Gasteiger partial charge in [-0.3, -0.25) is 0 Å². The van der Waals surface area contributed by atoms with E-state index in [0.29, 0.717) is 23.9 Å². The van der Waals surface area contributed by atoms with E-state index in [1.54, 1.807) is 5.56 Å². The van der Waals surface area contributed by atoms with E-state index in [9.17, 15) is 0 Å². The topological polar surface area (TPSA) is 9.23 Å². The summed E-state index contributed by atoms with van der Waals surface area (Å²) in [5.41, 5.74) is 8.62. The van der Waals surface area contributed by atoms with Gasteiger partial charge in [-0.1, -0.05) is 145 Å². The summed E-state index contributed by atoms with van der Waals surface area (Å²) in [6.07, 6.45) is 7.23. The molecule has 0 aromatic heterocycles. The van der Waals surface area contributed by atoms with Crippen LogP contribution in [0.5, 0.6) is 0 Å². The number of benzene rings is 2. The van der Waals surface area contributed by atoms with Crippen LogP contribution in [0.1, 0.15) is 149 Å². The first-order valence-electron chi connectivity index (χ1n) is 21.3. The van der Waals surface area contributed by atoms with E-state index in [1.165, 1.54) is 48.8 Å². The van der Waals surface area contributed by atoms with Crippen molar-refractivity contribution in [2.45, 2.75) is 168 Å². The predicted octanol–water partition coefficient (Wildman–Crippen LogP) is 15.9. The summed E-state index contributed by atoms with van der Waals surface area (Å²) in [7, 11) is 10.2. The van der Waals surface area contributed by atoms with Gasteiger partial charge in [0.2, 0.25) is 0 Å². The van der Waals surface area contributed by atoms with Crippen molar-refractivity contribution >= 4 is 25.1 Å². The number of halogens is 2. The Morgan fingerprint density at radius 3 is 1.65 bits per heavy atom. The first-order valence-corrected chi connectivity index (χ1v) is 30.8. The van der Waals surface area contributed by atoms with Crippen molar-refractivity contribution in [1.29, 1.82) is 0 Å². The third kappa shape index (κ3) is 10.0. The molecule has 2 aromatic rings. The number of ether oxygens (including phenoxy) is 1. The molecular weight excluding hydrogens is 807 g/mol. The molecule has 4 saturated carbocycles. The number of rotatable bonds is 5. The zero-order valence-corrected chi connectivity index (χ0v) is 43.3. The van der Waals surface area contributed by atoms with Gasteiger partial charge in [-0.05, 0) is 135 Å². The van der Waals surface area contributed by atoms with Gasteiger partial charge in [0.05, 0.1) is 14.2 Å². The number of methoxy groups -OCH3 is 1. The third-order valence-corrected chi connectivity index (χ3v) is 21.1. The van der Waals surface area contributed by atoms with E-state index in [4.69, 9.17) is 21.8 Å². The fourth-order valence-electron chi connectivity index (χ4n) is 13.7. The Labute approximate surface area is 361 Å². The Morgan fingerprint density at radius 2 is 1.16 bits per heavy atom. The van der Waals surface area contributed by atoms with E-state index in [1.807, 2.05) is 7.11 Å². The van der Waals surface area contributed by atoms with Gasteiger partial charge in [-0.15, -0.1) is 0 Å². The van der Waals surface area contributed by atoms with Crippen LogP contribution in [0.25, 0.3) is 0 Å². The third-order valence-electron chi connectivity index (χ3n) is 15.7. The molecule has 4 aliphatic carbocycles. The molecule has 1 nitrogen and oxygen atoms in total. The zero-order chi connectivity index (χ0) is 39.4. The normalized spacial score (nSPS) is 34.9. The Morgan fingerprint density at radius 1 is 0.655 bits per heavy atom. The molecular formula is C50H82Cl2OSiZr. The summed E-state index contributed by atoms with van der Waals surface area (Å²) in [6, 6.07) is 19.4. The van der Waals surface area contributed by atoms with Gasteiger partial charge in [-0.25, -0.2) is 0 Å². The van der Waals surface area contributed by atoms with Crippen LogP contribution in [0.4, 0.5) is 0 Å². The van der Waals surface area contributed by atoms with Crippen LogP contribution in [0.3, 0.4) is 0 Å². The van der Waals surface area contributed by atoms with Crippen LogP contribution in [-0.4, -0.2) is 21.3 Å². The summed E-state index contributed by atoms with van der Waals surface area (Å²) in [4.78, 5) is 0. The molecule has 310 valence electrons. The Balaban J connectivity index is 0.00000157. The van der Waals surface area contributed by atoms with E-state index < -0.39 is 28.9 Å². The van der Waals surface area contributed by atoms with Crippen LogP contribution >= 0.6 is 17.0 Å². The molecule has 4 fully saturated rings. The minimum atomic E-state index is -1.73. The molecule has 13 unspecified atom stereocenters. The van der Waals surface area contributed by atoms with Crippen molar-refractivity contribution in [2.75, 3.05) is 7.11 Å². The molecule has 0 spiro atoms. The van der Waals surface area contributed by atoms with Crippen molar-refractivity contribution in [1.82, 2.24) is 0 Å². The van der Waals surface area contributed by atoms with E-state index in [0.717, 1.165) is 52.5 Å². The Bertz CT molecular complexity index is 1470. The van der Waals surface area contributed by atoms with Crippen LogP contribution in [0.2, 0.25) is 24.2 Å². The molecule has 2 aromatic carbocycles. The van der Waals surface area contributed by atoms with Gasteiger partial charge in [0.15, 0.2) is 0 Å². The van der Waals surface area contributed by atoms with Gasteiger partial charge in [-0.2, -0.15) is 0 Å². The van der Waals surface area contributed by atoms with Crippen LogP contribution in [-0.2, 0) is 36.4 Å². The van der Waals surface area contributed by atoms with Crippen molar-refractivity contribution in [2.24, 2.45) is 52.8 Å². The maximum absolute atomic E-state index is 6.59. The van der Waals surface area contributed by atoms with Gasteiger partial charge in [0, 0.05) is 13.0 Å². The molecule has 13 atom stereocenters. The molecule has 6 rings (SSSR count). The number of fused-ring (bicyclic) bond motifs is 2. The van der Waals surface area contributed by atoms with E-state index >= 15 is 0 Å². The van der Waals surface area contributed by atoms with Crippen LogP contribution in [0.15, 0.2) is 48.5 Å². The fraction of sp³-hybridized carbons (Fsp3) is 0.720.